The maximum absolute atomic E-state index is 11.4. The monoisotopic (exact) mass is 336 g/mol. The van der Waals surface area contributed by atoms with Crippen LogP contribution in [0.4, 0.5) is 0 Å². The van der Waals surface area contributed by atoms with Crippen molar-refractivity contribution in [3.05, 3.63) is 29.8 Å². The normalized spacial score (nSPS) is 32.9. The predicted molar refractivity (Wildman–Crippen MR) is 87.3 cm³/mol. The Labute approximate surface area is 137 Å². The van der Waals surface area contributed by atoms with Crippen molar-refractivity contribution in [1.29, 1.82) is 0 Å². The number of ether oxygens (including phenoxy) is 1. The van der Waals surface area contributed by atoms with E-state index in [0.717, 1.165) is 18.6 Å². The van der Waals surface area contributed by atoms with E-state index in [4.69, 9.17) is 9.88 Å². The van der Waals surface area contributed by atoms with E-state index in [0.29, 0.717) is 23.5 Å². The highest BCUT2D eigenvalue weighted by Crippen LogP contribution is 2.63. The first-order valence-electron chi connectivity index (χ1n) is 8.42. The van der Waals surface area contributed by atoms with Gasteiger partial charge in [0.1, 0.15) is 0 Å². The number of benzene rings is 1. The molecule has 4 unspecified atom stereocenters. The van der Waals surface area contributed by atoms with Crippen LogP contribution >= 0.6 is 0 Å². The Kier molecular flexibility index (Phi) is 3.57. The highest BCUT2D eigenvalue weighted by molar-refractivity contribution is 7.89. The second kappa shape index (κ2) is 5.28. The van der Waals surface area contributed by atoms with Crippen LogP contribution in [0, 0.1) is 11.3 Å². The predicted octanol–water partition coefficient (Wildman–Crippen LogP) is 1.94. The van der Waals surface area contributed by atoms with Crippen LogP contribution in [0.15, 0.2) is 29.2 Å². The first-order valence-corrected chi connectivity index (χ1v) is 9.97. The number of rotatable bonds is 4. The van der Waals surface area contributed by atoms with Gasteiger partial charge in [-0.2, -0.15) is 0 Å². The Morgan fingerprint density at radius 1 is 1.30 bits per heavy atom. The summed E-state index contributed by atoms with van der Waals surface area (Å²) in [6.07, 6.45) is 5.46. The van der Waals surface area contributed by atoms with E-state index in [1.54, 1.807) is 12.1 Å². The second-order valence-corrected chi connectivity index (χ2v) is 8.87. The molecule has 126 valence electrons. The van der Waals surface area contributed by atoms with E-state index in [2.05, 4.69) is 12.2 Å². The number of hydrogen-bond donors (Lipinski definition) is 2. The lowest BCUT2D eigenvalue weighted by atomic mass is 9.46. The smallest absolute Gasteiger partial charge is 0.238 e. The van der Waals surface area contributed by atoms with Crippen molar-refractivity contribution in [2.45, 2.75) is 55.7 Å². The van der Waals surface area contributed by atoms with E-state index in [9.17, 15) is 8.42 Å². The highest BCUT2D eigenvalue weighted by atomic mass is 32.2. The average Bonchev–Trinajstić information content (AvgIpc) is 2.87. The van der Waals surface area contributed by atoms with E-state index >= 15 is 0 Å². The molecule has 2 aliphatic carbocycles. The molecule has 23 heavy (non-hydrogen) atoms. The summed E-state index contributed by atoms with van der Waals surface area (Å²) < 4.78 is 28.7. The summed E-state index contributed by atoms with van der Waals surface area (Å²) in [5, 5.41) is 8.95. The van der Waals surface area contributed by atoms with Crippen molar-refractivity contribution in [3.8, 4) is 0 Å². The fraction of sp³-hybridized carbons (Fsp3) is 0.647. The van der Waals surface area contributed by atoms with Gasteiger partial charge in [-0.1, -0.05) is 18.6 Å². The lowest BCUT2D eigenvalue weighted by Gasteiger charge is -2.64. The van der Waals surface area contributed by atoms with Crippen molar-refractivity contribution >= 4 is 10.0 Å². The Balaban J connectivity index is 1.48. The molecule has 1 heterocycles. The van der Waals surface area contributed by atoms with Gasteiger partial charge in [0, 0.05) is 30.0 Å². The van der Waals surface area contributed by atoms with Crippen LogP contribution in [0.2, 0.25) is 0 Å². The molecule has 3 aliphatic rings. The lowest BCUT2D eigenvalue weighted by Crippen LogP contribution is -2.71. The van der Waals surface area contributed by atoms with Gasteiger partial charge >= 0.3 is 0 Å². The summed E-state index contributed by atoms with van der Waals surface area (Å²) >= 11 is 0. The third kappa shape index (κ3) is 2.35. The second-order valence-electron chi connectivity index (χ2n) is 7.31. The molecule has 1 saturated heterocycles. The molecule has 0 radical (unpaired) electrons. The van der Waals surface area contributed by atoms with Gasteiger partial charge < -0.3 is 10.1 Å². The molecule has 5 nitrogen and oxygen atoms in total. The van der Waals surface area contributed by atoms with Crippen LogP contribution in [-0.2, 0) is 14.8 Å². The van der Waals surface area contributed by atoms with E-state index in [1.807, 2.05) is 12.1 Å². The highest BCUT2D eigenvalue weighted by Gasteiger charge is 2.66. The molecular weight excluding hydrogens is 312 g/mol. The van der Waals surface area contributed by atoms with Gasteiger partial charge in [0.2, 0.25) is 10.0 Å². The largest absolute Gasteiger partial charge is 0.377 e. The number of nitrogens with two attached hydrogens (primary N) is 1. The zero-order chi connectivity index (χ0) is 16.2. The number of fused-ring (bicyclic) bond motifs is 2. The first-order chi connectivity index (χ1) is 10.9. The summed E-state index contributed by atoms with van der Waals surface area (Å²) in [6.45, 7) is 3.04. The third-order valence-electron chi connectivity index (χ3n) is 6.17. The van der Waals surface area contributed by atoms with E-state index < -0.39 is 10.0 Å². The Hall–Kier alpha value is -0.950. The summed E-state index contributed by atoms with van der Waals surface area (Å²) in [7, 11) is -3.62. The van der Waals surface area contributed by atoms with Gasteiger partial charge in [-0.15, -0.1) is 0 Å². The van der Waals surface area contributed by atoms with Gasteiger partial charge in [0.25, 0.3) is 0 Å². The molecule has 4 rings (SSSR count). The number of sulfonamides is 1. The number of nitrogens with one attached hydrogen (secondary N) is 1. The van der Waals surface area contributed by atoms with Crippen molar-refractivity contribution in [3.63, 3.8) is 0 Å². The van der Waals surface area contributed by atoms with Crippen LogP contribution in [0.5, 0.6) is 0 Å². The molecule has 0 aromatic heterocycles. The van der Waals surface area contributed by atoms with Crippen LogP contribution in [0.3, 0.4) is 0 Å². The molecule has 4 atom stereocenters. The van der Waals surface area contributed by atoms with E-state index in [1.165, 1.54) is 19.3 Å². The first kappa shape index (κ1) is 15.6. The molecule has 0 amide bonds. The van der Waals surface area contributed by atoms with Crippen molar-refractivity contribution in [2.24, 2.45) is 16.5 Å². The quantitative estimate of drug-likeness (QED) is 0.880. The van der Waals surface area contributed by atoms with Crippen LogP contribution < -0.4 is 10.5 Å². The zero-order valence-electron chi connectivity index (χ0n) is 13.4. The minimum Gasteiger partial charge on any atom is -0.377 e. The Morgan fingerprint density at radius 3 is 2.57 bits per heavy atom. The van der Waals surface area contributed by atoms with Crippen molar-refractivity contribution in [1.82, 2.24) is 5.32 Å². The lowest BCUT2D eigenvalue weighted by molar-refractivity contribution is -0.178. The minimum absolute atomic E-state index is 0.164. The standard InChI is InChI=1S/C17H24N2O3S/c1-11(12-3-5-13(6-4-12)23(18,20)21)19-15-14-7-10-22-16(14)17(15)8-2-9-17/h3-6,11,14-16,19H,2,7-10H2,1H3,(H2,18,20,21). The number of primary sulfonamides is 1. The Bertz CT molecular complexity index is 697. The average molecular weight is 336 g/mol. The molecular formula is C17H24N2O3S. The molecule has 2 saturated carbocycles. The third-order valence-corrected chi connectivity index (χ3v) is 7.10. The summed E-state index contributed by atoms with van der Waals surface area (Å²) in [5.41, 5.74) is 1.45. The SMILES string of the molecule is CC(NC1C2CCOC2C12CCC2)c1ccc(S(N)(=O)=O)cc1. The van der Waals surface area contributed by atoms with Crippen LogP contribution in [0.1, 0.15) is 44.2 Å². The zero-order valence-corrected chi connectivity index (χ0v) is 14.2. The van der Waals surface area contributed by atoms with Crippen molar-refractivity contribution < 1.29 is 13.2 Å². The van der Waals surface area contributed by atoms with Gasteiger partial charge in [0.15, 0.2) is 0 Å². The molecule has 3 N–H and O–H groups in total. The van der Waals surface area contributed by atoms with Gasteiger partial charge in [-0.25, -0.2) is 13.6 Å². The fourth-order valence-corrected chi connectivity index (χ4v) is 5.32. The minimum atomic E-state index is -3.62. The summed E-state index contributed by atoms with van der Waals surface area (Å²) in [6, 6.07) is 7.59. The maximum Gasteiger partial charge on any atom is 0.238 e. The van der Waals surface area contributed by atoms with Gasteiger partial charge in [0.05, 0.1) is 11.0 Å². The molecule has 3 fully saturated rings. The topological polar surface area (TPSA) is 81.4 Å². The molecule has 0 bridgehead atoms. The summed E-state index contributed by atoms with van der Waals surface area (Å²) in [4.78, 5) is 0.164. The van der Waals surface area contributed by atoms with Crippen LogP contribution in [0.25, 0.3) is 0 Å². The van der Waals surface area contributed by atoms with Gasteiger partial charge in [-0.05, 0) is 43.9 Å². The molecule has 1 aromatic rings. The van der Waals surface area contributed by atoms with Crippen molar-refractivity contribution in [2.75, 3.05) is 6.61 Å². The van der Waals surface area contributed by atoms with Gasteiger partial charge in [-0.3, -0.25) is 0 Å². The Morgan fingerprint density at radius 2 is 2.00 bits per heavy atom. The number of hydrogen-bond acceptors (Lipinski definition) is 4. The van der Waals surface area contributed by atoms with E-state index in [-0.39, 0.29) is 10.9 Å². The molecule has 6 heteroatoms. The fourth-order valence-electron chi connectivity index (χ4n) is 4.81. The van der Waals surface area contributed by atoms with Crippen LogP contribution in [-0.4, -0.2) is 27.2 Å². The molecule has 1 aliphatic heterocycles. The molecule has 1 spiro atoms. The molecule has 1 aromatic carbocycles. The maximum atomic E-state index is 11.4. The summed E-state index contributed by atoms with van der Waals surface area (Å²) in [5.74, 6) is 0.640.